The number of aryl methyl sites for hydroxylation is 2. The van der Waals surface area contributed by atoms with Crippen molar-refractivity contribution in [2.75, 3.05) is 5.32 Å². The fourth-order valence-corrected chi connectivity index (χ4v) is 2.86. The van der Waals surface area contributed by atoms with Gasteiger partial charge in [-0.1, -0.05) is 18.5 Å². The predicted molar refractivity (Wildman–Crippen MR) is 96.6 cm³/mol. The van der Waals surface area contributed by atoms with E-state index in [0.29, 0.717) is 23.9 Å². The van der Waals surface area contributed by atoms with Crippen LogP contribution in [0.2, 0.25) is 5.02 Å². The van der Waals surface area contributed by atoms with Crippen molar-refractivity contribution in [2.45, 2.75) is 33.7 Å². The van der Waals surface area contributed by atoms with E-state index in [1.165, 1.54) is 18.2 Å². The third kappa shape index (κ3) is 3.62. The summed E-state index contributed by atoms with van der Waals surface area (Å²) in [7, 11) is 0. The minimum absolute atomic E-state index is 0.0402. The van der Waals surface area contributed by atoms with Gasteiger partial charge in [0, 0.05) is 23.5 Å². The van der Waals surface area contributed by atoms with E-state index in [1.807, 2.05) is 31.4 Å². The highest BCUT2D eigenvalue weighted by Gasteiger charge is 2.17. The van der Waals surface area contributed by atoms with Gasteiger partial charge in [-0.25, -0.2) is 4.39 Å². The molecular formula is C18H18ClFN4O2. The zero-order valence-electron chi connectivity index (χ0n) is 14.6. The number of aromatic nitrogens is 3. The van der Waals surface area contributed by atoms with Gasteiger partial charge in [-0.05, 0) is 38.1 Å². The third-order valence-electron chi connectivity index (χ3n) is 4.08. The summed E-state index contributed by atoms with van der Waals surface area (Å²) in [6, 6.07) is 5.96. The first-order chi connectivity index (χ1) is 12.4. The lowest BCUT2D eigenvalue weighted by atomic mass is 10.2. The highest BCUT2D eigenvalue weighted by Crippen LogP contribution is 2.26. The first kappa shape index (κ1) is 18.1. The van der Waals surface area contributed by atoms with Crippen molar-refractivity contribution in [3.63, 3.8) is 0 Å². The van der Waals surface area contributed by atoms with Crippen molar-refractivity contribution in [3.05, 3.63) is 52.4 Å². The Bertz CT molecular complexity index is 964. The van der Waals surface area contributed by atoms with Crippen LogP contribution in [0.15, 0.2) is 28.7 Å². The molecule has 26 heavy (non-hydrogen) atoms. The zero-order chi connectivity index (χ0) is 18.8. The first-order valence-corrected chi connectivity index (χ1v) is 8.51. The molecule has 0 aliphatic rings. The molecule has 2 heterocycles. The molecule has 0 aliphatic heterocycles. The second kappa shape index (κ2) is 7.29. The van der Waals surface area contributed by atoms with Crippen LogP contribution in [0, 0.1) is 19.7 Å². The lowest BCUT2D eigenvalue weighted by Gasteiger charge is -2.10. The summed E-state index contributed by atoms with van der Waals surface area (Å²) in [5, 5.41) is 10.7. The van der Waals surface area contributed by atoms with E-state index in [-0.39, 0.29) is 17.5 Å². The molecule has 3 aromatic rings. The van der Waals surface area contributed by atoms with E-state index in [1.54, 1.807) is 0 Å². The maximum atomic E-state index is 13.2. The highest BCUT2D eigenvalue weighted by molar-refractivity contribution is 6.31. The van der Waals surface area contributed by atoms with Crippen LogP contribution in [0.5, 0.6) is 0 Å². The third-order valence-corrected chi connectivity index (χ3v) is 4.37. The van der Waals surface area contributed by atoms with Crippen LogP contribution in [0.1, 0.15) is 24.2 Å². The fraction of sp³-hybridized carbons (Fsp3) is 0.278. The van der Waals surface area contributed by atoms with Crippen LogP contribution in [-0.4, -0.2) is 20.7 Å². The van der Waals surface area contributed by atoms with Gasteiger partial charge < -0.3 is 14.3 Å². The van der Waals surface area contributed by atoms with E-state index >= 15 is 0 Å². The van der Waals surface area contributed by atoms with Crippen molar-refractivity contribution in [1.29, 1.82) is 0 Å². The number of carbonyl (C=O) groups excluding carboxylic acids is 1. The molecular weight excluding hydrogens is 359 g/mol. The molecule has 0 radical (unpaired) electrons. The molecule has 0 unspecified atom stereocenters. The molecule has 1 aromatic carbocycles. The molecule has 0 bridgehead atoms. The molecule has 0 saturated carbocycles. The van der Waals surface area contributed by atoms with Gasteiger partial charge in [0.25, 0.3) is 0 Å². The molecule has 0 spiro atoms. The Morgan fingerprint density at radius 3 is 2.73 bits per heavy atom. The van der Waals surface area contributed by atoms with Crippen LogP contribution in [0.4, 0.5) is 10.1 Å². The summed E-state index contributed by atoms with van der Waals surface area (Å²) in [5.74, 6) is 0.223. The Morgan fingerprint density at radius 1 is 1.31 bits per heavy atom. The number of nitrogens with zero attached hydrogens (tertiary/aromatic N) is 3. The van der Waals surface area contributed by atoms with Gasteiger partial charge in [0.15, 0.2) is 0 Å². The largest absolute Gasteiger partial charge is 0.421 e. The monoisotopic (exact) mass is 376 g/mol. The average molecular weight is 377 g/mol. The lowest BCUT2D eigenvalue weighted by molar-refractivity contribution is -0.116. The van der Waals surface area contributed by atoms with Gasteiger partial charge >= 0.3 is 0 Å². The maximum Gasteiger partial charge on any atom is 0.249 e. The van der Waals surface area contributed by atoms with Crippen LogP contribution < -0.4 is 5.32 Å². The highest BCUT2D eigenvalue weighted by atomic mass is 35.5. The van der Waals surface area contributed by atoms with Gasteiger partial charge in [-0.2, -0.15) is 0 Å². The molecule has 0 aliphatic carbocycles. The van der Waals surface area contributed by atoms with Crippen molar-refractivity contribution in [1.82, 2.24) is 14.8 Å². The number of amides is 1. The topological polar surface area (TPSA) is 73.0 Å². The van der Waals surface area contributed by atoms with Crippen LogP contribution in [0.3, 0.4) is 0 Å². The van der Waals surface area contributed by atoms with Crippen molar-refractivity contribution in [3.8, 4) is 11.5 Å². The van der Waals surface area contributed by atoms with Gasteiger partial charge in [-0.3, -0.25) is 4.79 Å². The number of halogens is 2. The number of hydrogen-bond acceptors (Lipinski definition) is 4. The lowest BCUT2D eigenvalue weighted by Crippen LogP contribution is -2.20. The zero-order valence-corrected chi connectivity index (χ0v) is 15.4. The Morgan fingerprint density at radius 2 is 2.08 bits per heavy atom. The minimum Gasteiger partial charge on any atom is -0.421 e. The number of hydrogen-bond donors (Lipinski definition) is 1. The van der Waals surface area contributed by atoms with Crippen molar-refractivity contribution < 1.29 is 13.6 Å². The Hall–Kier alpha value is -2.67. The average Bonchev–Trinajstić information content (AvgIpc) is 3.18. The molecule has 2 aromatic heterocycles. The van der Waals surface area contributed by atoms with Crippen LogP contribution in [0.25, 0.3) is 11.5 Å². The molecule has 6 nitrogen and oxygen atoms in total. The van der Waals surface area contributed by atoms with E-state index in [2.05, 4.69) is 15.5 Å². The van der Waals surface area contributed by atoms with Gasteiger partial charge in [0.1, 0.15) is 12.4 Å². The van der Waals surface area contributed by atoms with Crippen molar-refractivity contribution in [2.24, 2.45) is 0 Å². The molecule has 0 atom stereocenters. The molecule has 3 rings (SSSR count). The van der Waals surface area contributed by atoms with Crippen LogP contribution >= 0.6 is 11.6 Å². The molecule has 0 saturated heterocycles. The first-order valence-electron chi connectivity index (χ1n) is 8.13. The van der Waals surface area contributed by atoms with Crippen LogP contribution in [-0.2, 0) is 17.8 Å². The number of rotatable bonds is 5. The number of anilines is 1. The molecule has 1 N–H and O–H groups in total. The summed E-state index contributed by atoms with van der Waals surface area (Å²) in [5.41, 5.74) is 2.98. The van der Waals surface area contributed by atoms with E-state index in [4.69, 9.17) is 16.0 Å². The van der Waals surface area contributed by atoms with E-state index in [9.17, 15) is 9.18 Å². The summed E-state index contributed by atoms with van der Waals surface area (Å²) in [6.45, 7) is 5.82. The molecule has 136 valence electrons. The Labute approximate surface area is 155 Å². The summed E-state index contributed by atoms with van der Waals surface area (Å²) in [4.78, 5) is 12.4. The van der Waals surface area contributed by atoms with Gasteiger partial charge in [0.05, 0.1) is 10.6 Å². The fourth-order valence-electron chi connectivity index (χ4n) is 2.68. The SMILES string of the molecule is CCc1nnc(-c2cc(C)n(CC(=O)Nc3ccc(F)c(Cl)c3)c2C)o1. The van der Waals surface area contributed by atoms with Gasteiger partial charge in [-0.15, -0.1) is 10.2 Å². The molecule has 8 heteroatoms. The van der Waals surface area contributed by atoms with E-state index in [0.717, 1.165) is 17.0 Å². The quantitative estimate of drug-likeness (QED) is 0.726. The normalized spacial score (nSPS) is 11.0. The second-order valence-corrected chi connectivity index (χ2v) is 6.31. The van der Waals surface area contributed by atoms with Gasteiger partial charge in [0.2, 0.25) is 17.7 Å². The minimum atomic E-state index is -0.530. The molecule has 1 amide bonds. The Balaban J connectivity index is 1.79. The summed E-state index contributed by atoms with van der Waals surface area (Å²) >= 11 is 5.74. The number of benzene rings is 1. The predicted octanol–water partition coefficient (Wildman–Crippen LogP) is 4.15. The number of carbonyl (C=O) groups is 1. The number of nitrogens with one attached hydrogen (secondary N) is 1. The smallest absolute Gasteiger partial charge is 0.249 e. The molecule has 0 fully saturated rings. The second-order valence-electron chi connectivity index (χ2n) is 5.90. The Kier molecular flexibility index (Phi) is 5.08. The van der Waals surface area contributed by atoms with Crippen molar-refractivity contribution >= 4 is 23.2 Å². The van der Waals surface area contributed by atoms with E-state index < -0.39 is 5.82 Å². The summed E-state index contributed by atoms with van der Waals surface area (Å²) in [6.07, 6.45) is 0.661. The summed E-state index contributed by atoms with van der Waals surface area (Å²) < 4.78 is 20.7. The standard InChI is InChI=1S/C18H18ClFN4O2/c1-4-17-22-23-18(26-17)13-7-10(2)24(11(13)3)9-16(25)21-12-5-6-15(20)14(19)8-12/h5-8H,4,9H2,1-3H3,(H,21,25). The maximum absolute atomic E-state index is 13.2.